The standard InChI is InChI=1S/C54H34N2O/c1-2-15-35(16-3-1)40-22-14-23-41(36-27-28-51-47(34-36)42-17-8-9-26-50(42)57-51)53(40)54-45-20-6-4-18-43(45)52(44-19-5-7-21-46(44)54)39-32-37(48-24-10-12-29-55-48)31-38(33-39)49-25-11-13-30-56-49/h1-34H. The van der Waals surface area contributed by atoms with Crippen molar-refractivity contribution in [3.8, 4) is 67.0 Å². The van der Waals surface area contributed by atoms with E-state index in [4.69, 9.17) is 14.4 Å². The molecule has 3 heteroatoms. The largest absolute Gasteiger partial charge is 0.456 e. The summed E-state index contributed by atoms with van der Waals surface area (Å²) in [5.74, 6) is 0. The summed E-state index contributed by atoms with van der Waals surface area (Å²) >= 11 is 0. The highest BCUT2D eigenvalue weighted by molar-refractivity contribution is 6.24. The zero-order chi connectivity index (χ0) is 37.7. The van der Waals surface area contributed by atoms with E-state index in [1.165, 1.54) is 54.9 Å². The van der Waals surface area contributed by atoms with Crippen LogP contribution in [-0.4, -0.2) is 9.97 Å². The summed E-state index contributed by atoms with van der Waals surface area (Å²) in [4.78, 5) is 9.56. The van der Waals surface area contributed by atoms with Gasteiger partial charge in [-0.05, 0) is 127 Å². The fraction of sp³-hybridized carbons (Fsp3) is 0. The minimum absolute atomic E-state index is 0.888. The zero-order valence-electron chi connectivity index (χ0n) is 30.9. The van der Waals surface area contributed by atoms with Gasteiger partial charge in [0.1, 0.15) is 11.2 Å². The number of pyridine rings is 2. The molecular weight excluding hydrogens is 693 g/mol. The number of fused-ring (bicyclic) bond motifs is 5. The molecule has 0 N–H and O–H groups in total. The number of aromatic nitrogens is 2. The molecule has 0 aliphatic carbocycles. The quantitative estimate of drug-likeness (QED) is 0.160. The third-order valence-corrected chi connectivity index (χ3v) is 11.2. The summed E-state index contributed by atoms with van der Waals surface area (Å²) in [6.45, 7) is 0. The van der Waals surface area contributed by atoms with Crippen molar-refractivity contribution in [2.75, 3.05) is 0 Å². The van der Waals surface area contributed by atoms with Crippen molar-refractivity contribution in [2.24, 2.45) is 0 Å². The summed E-state index contributed by atoms with van der Waals surface area (Å²) in [6, 6.07) is 69.2. The molecule has 3 heterocycles. The Morgan fingerprint density at radius 3 is 1.40 bits per heavy atom. The Morgan fingerprint density at radius 2 is 0.789 bits per heavy atom. The van der Waals surface area contributed by atoms with E-state index in [0.29, 0.717) is 0 Å². The van der Waals surface area contributed by atoms with E-state index in [1.54, 1.807) is 0 Å². The van der Waals surface area contributed by atoms with Gasteiger partial charge >= 0.3 is 0 Å². The molecule has 3 aromatic heterocycles. The first kappa shape index (κ1) is 32.8. The lowest BCUT2D eigenvalue weighted by Crippen LogP contribution is -1.96. The van der Waals surface area contributed by atoms with Gasteiger partial charge in [0, 0.05) is 34.3 Å². The van der Waals surface area contributed by atoms with E-state index in [2.05, 4.69) is 158 Å². The first-order valence-electron chi connectivity index (χ1n) is 19.3. The van der Waals surface area contributed by atoms with Crippen LogP contribution in [0.15, 0.2) is 211 Å². The Hall–Kier alpha value is -7.62. The van der Waals surface area contributed by atoms with Crippen LogP contribution in [0.3, 0.4) is 0 Å². The number of para-hydroxylation sites is 1. The van der Waals surface area contributed by atoms with Crippen molar-refractivity contribution < 1.29 is 4.42 Å². The number of furan rings is 1. The zero-order valence-corrected chi connectivity index (χ0v) is 30.9. The molecule has 0 radical (unpaired) electrons. The Labute approximate surface area is 330 Å². The molecule has 57 heavy (non-hydrogen) atoms. The number of hydrogen-bond acceptors (Lipinski definition) is 3. The van der Waals surface area contributed by atoms with Crippen LogP contribution < -0.4 is 0 Å². The normalized spacial score (nSPS) is 11.5. The molecule has 0 saturated heterocycles. The molecule has 11 rings (SSSR count). The molecule has 0 bridgehead atoms. The number of rotatable bonds is 6. The fourth-order valence-corrected chi connectivity index (χ4v) is 8.66. The molecule has 0 spiro atoms. The number of benzene rings is 8. The van der Waals surface area contributed by atoms with Gasteiger partial charge in [0.05, 0.1) is 11.4 Å². The SMILES string of the molecule is c1ccc(-c2cccc(-c3ccc4oc5ccccc5c4c3)c2-c2c3ccccc3c(-c3cc(-c4ccccn4)cc(-c4ccccn4)c3)c3ccccc23)cc1. The van der Waals surface area contributed by atoms with Crippen LogP contribution in [0.2, 0.25) is 0 Å². The summed E-state index contributed by atoms with van der Waals surface area (Å²) < 4.78 is 6.29. The smallest absolute Gasteiger partial charge is 0.135 e. The van der Waals surface area contributed by atoms with Crippen molar-refractivity contribution in [1.29, 1.82) is 0 Å². The average Bonchev–Trinajstić information content (AvgIpc) is 3.67. The average molecular weight is 727 g/mol. The second kappa shape index (κ2) is 13.6. The molecule has 0 fully saturated rings. The lowest BCUT2D eigenvalue weighted by atomic mass is 9.80. The van der Waals surface area contributed by atoms with Gasteiger partial charge in [-0.3, -0.25) is 9.97 Å². The van der Waals surface area contributed by atoms with Gasteiger partial charge in [0.15, 0.2) is 0 Å². The predicted octanol–water partition coefficient (Wildman–Crippen LogP) is 14.7. The van der Waals surface area contributed by atoms with Crippen molar-refractivity contribution in [1.82, 2.24) is 9.97 Å². The highest BCUT2D eigenvalue weighted by Gasteiger charge is 2.23. The molecule has 0 unspecified atom stereocenters. The lowest BCUT2D eigenvalue weighted by Gasteiger charge is -2.23. The molecule has 0 saturated carbocycles. The molecule has 0 atom stereocenters. The molecular formula is C54H34N2O. The van der Waals surface area contributed by atoms with Crippen LogP contribution in [0, 0.1) is 0 Å². The summed E-state index contributed by atoms with van der Waals surface area (Å²) in [5.41, 5.74) is 15.1. The molecule has 8 aromatic carbocycles. The third kappa shape index (κ3) is 5.60. The van der Waals surface area contributed by atoms with E-state index in [1.807, 2.05) is 48.8 Å². The van der Waals surface area contributed by atoms with Gasteiger partial charge < -0.3 is 4.42 Å². The monoisotopic (exact) mass is 726 g/mol. The highest BCUT2D eigenvalue weighted by Crippen LogP contribution is 2.50. The van der Waals surface area contributed by atoms with E-state index < -0.39 is 0 Å². The van der Waals surface area contributed by atoms with Crippen LogP contribution >= 0.6 is 0 Å². The van der Waals surface area contributed by atoms with Crippen LogP contribution in [0.25, 0.3) is 111 Å². The van der Waals surface area contributed by atoms with Crippen molar-refractivity contribution in [3.05, 3.63) is 207 Å². The maximum Gasteiger partial charge on any atom is 0.135 e. The Kier molecular flexibility index (Phi) is 7.82. The van der Waals surface area contributed by atoms with E-state index >= 15 is 0 Å². The van der Waals surface area contributed by atoms with Gasteiger partial charge in [0.2, 0.25) is 0 Å². The third-order valence-electron chi connectivity index (χ3n) is 11.2. The molecule has 3 nitrogen and oxygen atoms in total. The number of hydrogen-bond donors (Lipinski definition) is 0. The van der Waals surface area contributed by atoms with Crippen molar-refractivity contribution >= 4 is 43.5 Å². The number of nitrogens with zero attached hydrogens (tertiary/aromatic N) is 2. The van der Waals surface area contributed by atoms with Crippen molar-refractivity contribution in [2.45, 2.75) is 0 Å². The Balaban J connectivity index is 1.24. The summed E-state index contributed by atoms with van der Waals surface area (Å²) in [6.07, 6.45) is 3.72. The molecule has 0 amide bonds. The second-order valence-corrected chi connectivity index (χ2v) is 14.5. The molecule has 0 aliphatic rings. The highest BCUT2D eigenvalue weighted by atomic mass is 16.3. The molecule has 266 valence electrons. The maximum absolute atomic E-state index is 6.29. The minimum atomic E-state index is 0.888. The molecule has 0 aliphatic heterocycles. The first-order valence-corrected chi connectivity index (χ1v) is 19.3. The fourth-order valence-electron chi connectivity index (χ4n) is 8.66. The second-order valence-electron chi connectivity index (χ2n) is 14.5. The van der Waals surface area contributed by atoms with Crippen LogP contribution in [0.4, 0.5) is 0 Å². The van der Waals surface area contributed by atoms with Gasteiger partial charge in [-0.15, -0.1) is 0 Å². The predicted molar refractivity (Wildman–Crippen MR) is 237 cm³/mol. The van der Waals surface area contributed by atoms with Gasteiger partial charge in [-0.2, -0.15) is 0 Å². The minimum Gasteiger partial charge on any atom is -0.456 e. The van der Waals surface area contributed by atoms with Crippen LogP contribution in [0.5, 0.6) is 0 Å². The van der Waals surface area contributed by atoms with Gasteiger partial charge in [-0.1, -0.05) is 133 Å². The maximum atomic E-state index is 6.29. The first-order chi connectivity index (χ1) is 28.3. The Bertz CT molecular complexity index is 3160. The molecule has 11 aromatic rings. The van der Waals surface area contributed by atoms with Crippen molar-refractivity contribution in [3.63, 3.8) is 0 Å². The van der Waals surface area contributed by atoms with E-state index in [0.717, 1.165) is 55.6 Å². The summed E-state index contributed by atoms with van der Waals surface area (Å²) in [7, 11) is 0. The summed E-state index contributed by atoms with van der Waals surface area (Å²) in [5, 5.41) is 6.97. The van der Waals surface area contributed by atoms with E-state index in [-0.39, 0.29) is 0 Å². The Morgan fingerprint density at radius 1 is 0.281 bits per heavy atom. The topological polar surface area (TPSA) is 38.9 Å². The van der Waals surface area contributed by atoms with Gasteiger partial charge in [0.25, 0.3) is 0 Å². The van der Waals surface area contributed by atoms with Gasteiger partial charge in [-0.25, -0.2) is 0 Å². The lowest BCUT2D eigenvalue weighted by molar-refractivity contribution is 0.669. The van der Waals surface area contributed by atoms with Crippen LogP contribution in [-0.2, 0) is 0 Å². The van der Waals surface area contributed by atoms with E-state index in [9.17, 15) is 0 Å². The van der Waals surface area contributed by atoms with Crippen LogP contribution in [0.1, 0.15) is 0 Å².